The average Bonchev–Trinajstić information content (AvgIpc) is 2.63. The van der Waals surface area contributed by atoms with Crippen LogP contribution in [-0.4, -0.2) is 37.1 Å². The van der Waals surface area contributed by atoms with Crippen molar-refractivity contribution in [1.29, 1.82) is 0 Å². The number of fused-ring (bicyclic) bond motifs is 3. The van der Waals surface area contributed by atoms with Gasteiger partial charge in [0, 0.05) is 27.5 Å². The molecule has 1 aromatic rings. The molecule has 0 unspecified atom stereocenters. The number of aliphatic hydroxyl groups is 2. The fraction of sp³-hybridized carbons (Fsp3) is 0.727. The Labute approximate surface area is 157 Å². The molecule has 2 aliphatic rings. The number of aliphatic hydroxyl groups excluding tert-OH is 2. The molecular formula is C22H34O4. The monoisotopic (exact) mass is 362 g/mol. The van der Waals surface area contributed by atoms with E-state index in [0.717, 1.165) is 30.8 Å². The standard InChI is InChI=1S/C22H34O4/c1-13(2)15-11-16(25-5)19-14(20(15)26-6)7-8-17-21(19,3)10-9-18(24)22(17,4)12-23/h11,13,17-18,23-24H,7-10,12H2,1-6H3/t17-,18+,21+,22-/m1/s1. The molecule has 0 radical (unpaired) electrons. The molecular weight excluding hydrogens is 328 g/mol. The van der Waals surface area contributed by atoms with Crippen molar-refractivity contribution in [3.63, 3.8) is 0 Å². The van der Waals surface area contributed by atoms with Crippen LogP contribution >= 0.6 is 0 Å². The number of rotatable bonds is 4. The Morgan fingerprint density at radius 2 is 1.88 bits per heavy atom. The van der Waals surface area contributed by atoms with Crippen molar-refractivity contribution in [2.75, 3.05) is 20.8 Å². The molecule has 2 N–H and O–H groups in total. The molecule has 0 spiro atoms. The molecule has 0 amide bonds. The quantitative estimate of drug-likeness (QED) is 0.855. The van der Waals surface area contributed by atoms with Gasteiger partial charge in [-0.25, -0.2) is 0 Å². The highest BCUT2D eigenvalue weighted by Gasteiger charge is 2.56. The van der Waals surface area contributed by atoms with Crippen LogP contribution in [0.1, 0.15) is 69.6 Å². The summed E-state index contributed by atoms with van der Waals surface area (Å²) in [5, 5.41) is 20.8. The molecule has 146 valence electrons. The van der Waals surface area contributed by atoms with Gasteiger partial charge in [0.1, 0.15) is 11.5 Å². The summed E-state index contributed by atoms with van der Waals surface area (Å²) in [7, 11) is 3.49. The smallest absolute Gasteiger partial charge is 0.126 e. The van der Waals surface area contributed by atoms with Gasteiger partial charge in [0.25, 0.3) is 0 Å². The Hall–Kier alpha value is -1.26. The molecule has 1 aromatic carbocycles. The summed E-state index contributed by atoms with van der Waals surface area (Å²) in [6, 6.07) is 2.14. The highest BCUT2D eigenvalue weighted by Crippen LogP contribution is 2.60. The summed E-state index contributed by atoms with van der Waals surface area (Å²) in [5.74, 6) is 2.48. The first-order valence-corrected chi connectivity index (χ1v) is 9.81. The zero-order valence-corrected chi connectivity index (χ0v) is 17.1. The van der Waals surface area contributed by atoms with E-state index in [2.05, 4.69) is 26.8 Å². The molecule has 0 saturated heterocycles. The third kappa shape index (κ3) is 2.56. The van der Waals surface area contributed by atoms with E-state index >= 15 is 0 Å². The number of ether oxygens (including phenoxy) is 2. The molecule has 3 rings (SSSR count). The molecule has 0 heterocycles. The van der Waals surface area contributed by atoms with E-state index in [-0.39, 0.29) is 17.9 Å². The van der Waals surface area contributed by atoms with E-state index in [1.165, 1.54) is 16.7 Å². The number of hydrogen-bond acceptors (Lipinski definition) is 4. The maximum atomic E-state index is 10.7. The maximum Gasteiger partial charge on any atom is 0.126 e. The van der Waals surface area contributed by atoms with Gasteiger partial charge in [0.05, 0.1) is 26.9 Å². The summed E-state index contributed by atoms with van der Waals surface area (Å²) in [6.45, 7) is 8.68. The van der Waals surface area contributed by atoms with Crippen LogP contribution in [0.4, 0.5) is 0 Å². The zero-order valence-electron chi connectivity index (χ0n) is 17.1. The van der Waals surface area contributed by atoms with E-state index in [1.807, 2.05) is 6.92 Å². The average molecular weight is 363 g/mol. The normalized spacial score (nSPS) is 33.6. The van der Waals surface area contributed by atoms with Gasteiger partial charge in [0.2, 0.25) is 0 Å². The molecule has 1 saturated carbocycles. The van der Waals surface area contributed by atoms with Crippen LogP contribution in [0.3, 0.4) is 0 Å². The first-order chi connectivity index (χ1) is 12.2. The van der Waals surface area contributed by atoms with Gasteiger partial charge in [-0.05, 0) is 43.6 Å². The Bertz CT molecular complexity index is 683. The molecule has 0 aromatic heterocycles. The van der Waals surface area contributed by atoms with Crippen molar-refractivity contribution >= 4 is 0 Å². The Balaban J connectivity index is 2.25. The largest absolute Gasteiger partial charge is 0.496 e. The van der Waals surface area contributed by atoms with Gasteiger partial charge >= 0.3 is 0 Å². The van der Waals surface area contributed by atoms with E-state index in [9.17, 15) is 10.2 Å². The summed E-state index contributed by atoms with van der Waals surface area (Å²) < 4.78 is 11.7. The lowest BCUT2D eigenvalue weighted by Crippen LogP contribution is -2.56. The zero-order chi connectivity index (χ0) is 19.3. The minimum absolute atomic E-state index is 0.00723. The van der Waals surface area contributed by atoms with Crippen molar-refractivity contribution < 1.29 is 19.7 Å². The highest BCUT2D eigenvalue weighted by atomic mass is 16.5. The molecule has 4 nitrogen and oxygen atoms in total. The molecule has 4 atom stereocenters. The predicted octanol–water partition coefficient (Wildman–Crippen LogP) is 3.80. The van der Waals surface area contributed by atoms with Crippen molar-refractivity contribution in [3.8, 4) is 11.5 Å². The fourth-order valence-corrected chi connectivity index (χ4v) is 5.76. The van der Waals surface area contributed by atoms with Crippen LogP contribution < -0.4 is 9.47 Å². The van der Waals surface area contributed by atoms with E-state index in [0.29, 0.717) is 12.3 Å². The molecule has 2 aliphatic carbocycles. The van der Waals surface area contributed by atoms with E-state index in [1.54, 1.807) is 14.2 Å². The second-order valence-electron chi connectivity index (χ2n) is 8.94. The van der Waals surface area contributed by atoms with Crippen molar-refractivity contribution in [2.45, 2.75) is 70.8 Å². The number of hydrogen-bond donors (Lipinski definition) is 2. The summed E-state index contributed by atoms with van der Waals surface area (Å²) in [5.41, 5.74) is 3.04. The van der Waals surface area contributed by atoms with Crippen LogP contribution in [0.15, 0.2) is 6.07 Å². The first kappa shape index (κ1) is 19.5. The maximum absolute atomic E-state index is 10.7. The number of methoxy groups -OCH3 is 2. The first-order valence-electron chi connectivity index (χ1n) is 9.81. The third-order valence-corrected chi connectivity index (χ3v) is 7.28. The third-order valence-electron chi connectivity index (χ3n) is 7.28. The van der Waals surface area contributed by atoms with Crippen molar-refractivity contribution in [1.82, 2.24) is 0 Å². The van der Waals surface area contributed by atoms with Gasteiger partial charge in [-0.2, -0.15) is 0 Å². The highest BCUT2D eigenvalue weighted by molar-refractivity contribution is 5.59. The Morgan fingerprint density at radius 3 is 2.42 bits per heavy atom. The van der Waals surface area contributed by atoms with Crippen molar-refractivity contribution in [2.24, 2.45) is 11.3 Å². The van der Waals surface area contributed by atoms with E-state index in [4.69, 9.17) is 9.47 Å². The molecule has 1 fully saturated rings. The Morgan fingerprint density at radius 1 is 1.19 bits per heavy atom. The van der Waals surface area contributed by atoms with Crippen LogP contribution in [0.25, 0.3) is 0 Å². The number of benzene rings is 1. The van der Waals surface area contributed by atoms with Gasteiger partial charge in [-0.3, -0.25) is 0 Å². The lowest BCUT2D eigenvalue weighted by atomic mass is 9.49. The summed E-state index contributed by atoms with van der Waals surface area (Å²) in [6.07, 6.45) is 2.95. The summed E-state index contributed by atoms with van der Waals surface area (Å²) in [4.78, 5) is 0. The lowest BCUT2D eigenvalue weighted by Gasteiger charge is -2.57. The second-order valence-corrected chi connectivity index (χ2v) is 8.94. The SMILES string of the molecule is COc1cc(C(C)C)c(OC)c2c1[C@@]1(C)CC[C@H](O)[C@](C)(CO)[C@@H]1CC2. The Kier molecular flexibility index (Phi) is 5.04. The minimum Gasteiger partial charge on any atom is -0.496 e. The van der Waals surface area contributed by atoms with Crippen LogP contribution in [0, 0.1) is 11.3 Å². The molecule has 26 heavy (non-hydrogen) atoms. The minimum atomic E-state index is -0.486. The predicted molar refractivity (Wildman–Crippen MR) is 103 cm³/mol. The van der Waals surface area contributed by atoms with Crippen LogP contribution in [0.2, 0.25) is 0 Å². The summed E-state index contributed by atoms with van der Waals surface area (Å²) >= 11 is 0. The molecule has 0 aliphatic heterocycles. The van der Waals surface area contributed by atoms with Crippen molar-refractivity contribution in [3.05, 3.63) is 22.8 Å². The van der Waals surface area contributed by atoms with Gasteiger partial charge < -0.3 is 19.7 Å². The van der Waals surface area contributed by atoms with E-state index < -0.39 is 11.5 Å². The van der Waals surface area contributed by atoms with Gasteiger partial charge in [-0.15, -0.1) is 0 Å². The topological polar surface area (TPSA) is 58.9 Å². The van der Waals surface area contributed by atoms with Crippen LogP contribution in [-0.2, 0) is 11.8 Å². The van der Waals surface area contributed by atoms with Crippen LogP contribution in [0.5, 0.6) is 11.5 Å². The lowest BCUT2D eigenvalue weighted by molar-refractivity contribution is -0.110. The molecule has 0 bridgehead atoms. The fourth-order valence-electron chi connectivity index (χ4n) is 5.76. The van der Waals surface area contributed by atoms with Gasteiger partial charge in [0.15, 0.2) is 0 Å². The van der Waals surface area contributed by atoms with Gasteiger partial charge in [-0.1, -0.05) is 27.7 Å². The second kappa shape index (κ2) is 6.72. The molecule has 4 heteroatoms.